The zero-order chi connectivity index (χ0) is 26.0. The number of hydrogen-bond acceptors (Lipinski definition) is 6. The molecule has 0 amide bonds. The molecule has 0 aromatic rings. The van der Waals surface area contributed by atoms with E-state index in [1.54, 1.807) is 0 Å². The summed E-state index contributed by atoms with van der Waals surface area (Å²) in [6.45, 7) is 7.48. The van der Waals surface area contributed by atoms with Gasteiger partial charge in [-0.25, -0.2) is 9.59 Å². The fraction of sp³-hybridized carbons (Fsp3) is 0.800. The standard InChI is InChI=1S/C18H30O4.C12H20O2/c1-14(15(2)21-18-10-6-7-13-20-18)8-4-3-5-9-16-11-12-17(19)22-16;1-2-3-4-5-6-7-8-11-9-10-12(13)14-11/h11-12,14-16,18H,3-10,13H2,1-2H3;9-11H,2-8H2,1H3. The third kappa shape index (κ3) is 13.6. The van der Waals surface area contributed by atoms with E-state index < -0.39 is 0 Å². The molecule has 0 saturated carbocycles. The maximum atomic E-state index is 10.9. The molecule has 3 rings (SSSR count). The van der Waals surface area contributed by atoms with Crippen molar-refractivity contribution < 1.29 is 28.5 Å². The summed E-state index contributed by atoms with van der Waals surface area (Å²) in [7, 11) is 0. The topological polar surface area (TPSA) is 71.1 Å². The van der Waals surface area contributed by atoms with E-state index in [2.05, 4.69) is 20.8 Å². The molecule has 36 heavy (non-hydrogen) atoms. The molecule has 0 radical (unpaired) electrons. The van der Waals surface area contributed by atoms with Gasteiger partial charge in [0.25, 0.3) is 0 Å². The van der Waals surface area contributed by atoms with Crippen LogP contribution in [-0.4, -0.2) is 43.1 Å². The van der Waals surface area contributed by atoms with Gasteiger partial charge in [-0.15, -0.1) is 0 Å². The van der Waals surface area contributed by atoms with Crippen LogP contribution in [-0.2, 0) is 28.5 Å². The molecule has 3 heterocycles. The predicted octanol–water partition coefficient (Wildman–Crippen LogP) is 7.20. The lowest BCUT2D eigenvalue weighted by Gasteiger charge is -2.29. The van der Waals surface area contributed by atoms with Crippen LogP contribution in [0.5, 0.6) is 0 Å². The summed E-state index contributed by atoms with van der Waals surface area (Å²) in [5.41, 5.74) is 0. The first-order valence-corrected chi connectivity index (χ1v) is 14.5. The van der Waals surface area contributed by atoms with Gasteiger partial charge in [0.2, 0.25) is 0 Å². The average Bonchev–Trinajstić information content (AvgIpc) is 3.49. The minimum atomic E-state index is -0.200. The lowest BCUT2D eigenvalue weighted by molar-refractivity contribution is -0.193. The summed E-state index contributed by atoms with van der Waals surface area (Å²) >= 11 is 0. The number of rotatable bonds is 16. The van der Waals surface area contributed by atoms with Gasteiger partial charge in [-0.05, 0) is 76.4 Å². The molecule has 0 aromatic heterocycles. The summed E-state index contributed by atoms with van der Waals surface area (Å²) in [5.74, 6) is 0.172. The van der Waals surface area contributed by atoms with Crippen molar-refractivity contribution in [2.24, 2.45) is 5.92 Å². The molecule has 0 spiro atoms. The van der Waals surface area contributed by atoms with E-state index in [4.69, 9.17) is 18.9 Å². The zero-order valence-corrected chi connectivity index (χ0v) is 23.0. The molecule has 3 aliphatic rings. The Morgan fingerprint density at radius 1 is 0.833 bits per heavy atom. The van der Waals surface area contributed by atoms with Crippen LogP contribution in [0.1, 0.15) is 117 Å². The highest BCUT2D eigenvalue weighted by Crippen LogP contribution is 2.22. The minimum Gasteiger partial charge on any atom is -0.455 e. The average molecular weight is 507 g/mol. The van der Waals surface area contributed by atoms with Gasteiger partial charge < -0.3 is 18.9 Å². The van der Waals surface area contributed by atoms with E-state index in [0.717, 1.165) is 38.7 Å². The van der Waals surface area contributed by atoms with Gasteiger partial charge in [0.15, 0.2) is 6.29 Å². The van der Waals surface area contributed by atoms with Crippen LogP contribution in [0.15, 0.2) is 24.3 Å². The van der Waals surface area contributed by atoms with Gasteiger partial charge in [-0.1, -0.05) is 58.8 Å². The molecule has 1 saturated heterocycles. The Morgan fingerprint density at radius 2 is 1.42 bits per heavy atom. The van der Waals surface area contributed by atoms with Gasteiger partial charge in [-0.2, -0.15) is 0 Å². The molecule has 6 nitrogen and oxygen atoms in total. The summed E-state index contributed by atoms with van der Waals surface area (Å²) in [5, 5.41) is 0. The van der Waals surface area contributed by atoms with Crippen molar-refractivity contribution in [2.45, 2.75) is 142 Å². The number of carbonyl (C=O) groups excluding carboxylic acids is 2. The largest absolute Gasteiger partial charge is 0.455 e. The maximum absolute atomic E-state index is 10.9. The fourth-order valence-corrected chi connectivity index (χ4v) is 4.68. The Bertz CT molecular complexity index is 666. The van der Waals surface area contributed by atoms with Gasteiger partial charge in [-0.3, -0.25) is 0 Å². The van der Waals surface area contributed by atoms with Crippen molar-refractivity contribution in [3.63, 3.8) is 0 Å². The second kappa shape index (κ2) is 18.6. The van der Waals surface area contributed by atoms with Crippen molar-refractivity contribution in [1.82, 2.24) is 0 Å². The normalized spacial score (nSPS) is 24.7. The maximum Gasteiger partial charge on any atom is 0.331 e. The third-order valence-corrected chi connectivity index (χ3v) is 7.22. The Balaban J connectivity index is 0.000000281. The van der Waals surface area contributed by atoms with E-state index >= 15 is 0 Å². The third-order valence-electron chi connectivity index (χ3n) is 7.22. The predicted molar refractivity (Wildman–Crippen MR) is 142 cm³/mol. The van der Waals surface area contributed by atoms with Gasteiger partial charge in [0.05, 0.1) is 6.10 Å². The lowest BCUT2D eigenvalue weighted by atomic mass is 9.97. The molecule has 5 unspecified atom stereocenters. The summed E-state index contributed by atoms with van der Waals surface area (Å²) in [4.78, 5) is 21.7. The first kappa shape index (κ1) is 30.6. The Hall–Kier alpha value is -1.66. The van der Waals surface area contributed by atoms with Crippen molar-refractivity contribution in [3.8, 4) is 0 Å². The summed E-state index contributed by atoms with van der Waals surface area (Å²) in [6, 6.07) is 0. The monoisotopic (exact) mass is 506 g/mol. The van der Waals surface area contributed by atoms with Crippen molar-refractivity contribution in [3.05, 3.63) is 24.3 Å². The Labute approximate surface area is 219 Å². The van der Waals surface area contributed by atoms with Gasteiger partial charge >= 0.3 is 11.9 Å². The molecule has 3 aliphatic heterocycles. The van der Waals surface area contributed by atoms with E-state index in [1.165, 1.54) is 76.4 Å². The first-order chi connectivity index (χ1) is 17.5. The second-order valence-electron chi connectivity index (χ2n) is 10.5. The van der Waals surface area contributed by atoms with Crippen LogP contribution < -0.4 is 0 Å². The highest BCUT2D eigenvalue weighted by molar-refractivity contribution is 5.84. The number of unbranched alkanes of at least 4 members (excludes halogenated alkanes) is 7. The second-order valence-corrected chi connectivity index (χ2v) is 10.5. The number of esters is 2. The summed E-state index contributed by atoms with van der Waals surface area (Å²) < 4.78 is 21.8. The molecule has 0 N–H and O–H groups in total. The Kier molecular flexibility index (Phi) is 15.8. The molecule has 6 heteroatoms. The lowest BCUT2D eigenvalue weighted by Crippen LogP contribution is -2.29. The van der Waals surface area contributed by atoms with E-state index in [0.29, 0.717) is 5.92 Å². The molecular weight excluding hydrogens is 456 g/mol. The van der Waals surface area contributed by atoms with Crippen LogP contribution >= 0.6 is 0 Å². The molecule has 1 fully saturated rings. The van der Waals surface area contributed by atoms with Crippen molar-refractivity contribution in [1.29, 1.82) is 0 Å². The number of hydrogen-bond donors (Lipinski definition) is 0. The van der Waals surface area contributed by atoms with E-state index in [-0.39, 0.29) is 36.5 Å². The smallest absolute Gasteiger partial charge is 0.331 e. The zero-order valence-electron chi connectivity index (χ0n) is 23.0. The molecule has 5 atom stereocenters. The van der Waals surface area contributed by atoms with Gasteiger partial charge in [0, 0.05) is 18.8 Å². The number of cyclic esters (lactones) is 2. The number of ether oxygens (including phenoxy) is 4. The van der Waals surface area contributed by atoms with Crippen LogP contribution in [0, 0.1) is 5.92 Å². The molecule has 0 bridgehead atoms. The van der Waals surface area contributed by atoms with Crippen LogP contribution in [0.3, 0.4) is 0 Å². The van der Waals surface area contributed by atoms with E-state index in [9.17, 15) is 9.59 Å². The van der Waals surface area contributed by atoms with Crippen molar-refractivity contribution >= 4 is 11.9 Å². The molecule has 206 valence electrons. The van der Waals surface area contributed by atoms with Gasteiger partial charge in [0.1, 0.15) is 12.2 Å². The molecular formula is C30H50O6. The summed E-state index contributed by atoms with van der Waals surface area (Å²) in [6.07, 6.45) is 24.9. The highest BCUT2D eigenvalue weighted by Gasteiger charge is 2.21. The molecule has 0 aliphatic carbocycles. The first-order valence-electron chi connectivity index (χ1n) is 14.5. The minimum absolute atomic E-state index is 0.00930. The van der Waals surface area contributed by atoms with Crippen LogP contribution in [0.4, 0.5) is 0 Å². The van der Waals surface area contributed by atoms with Crippen LogP contribution in [0.25, 0.3) is 0 Å². The number of carbonyl (C=O) groups is 2. The SMILES string of the molecule is CC(CCCCCC1C=CC(=O)O1)C(C)OC1CCCCO1.CCCCCCCCC1C=CC(=O)O1. The van der Waals surface area contributed by atoms with E-state index in [1.807, 2.05) is 12.2 Å². The van der Waals surface area contributed by atoms with Crippen molar-refractivity contribution in [2.75, 3.05) is 6.61 Å². The fourth-order valence-electron chi connectivity index (χ4n) is 4.68. The quantitative estimate of drug-likeness (QED) is 0.163. The Morgan fingerprint density at radius 3 is 1.94 bits per heavy atom. The molecule has 0 aromatic carbocycles. The highest BCUT2D eigenvalue weighted by atomic mass is 16.7. The van der Waals surface area contributed by atoms with Crippen LogP contribution in [0.2, 0.25) is 0 Å².